The molecule has 0 aromatic carbocycles. The standard InChI is InChI=1S/C16H28N4/c17-12-16(10-6-1-2-7-11-16)15-18-14(19-20-15)13-8-4-3-5-9-13/h13H,1-12,17H2,(H,18,19,20). The van der Waals surface area contributed by atoms with Gasteiger partial charge < -0.3 is 5.73 Å². The van der Waals surface area contributed by atoms with Gasteiger partial charge in [0.05, 0.1) is 0 Å². The van der Waals surface area contributed by atoms with Gasteiger partial charge in [0.1, 0.15) is 5.82 Å². The maximum absolute atomic E-state index is 6.13. The lowest BCUT2D eigenvalue weighted by Crippen LogP contribution is -2.36. The fourth-order valence-electron chi connectivity index (χ4n) is 3.99. The molecule has 0 saturated heterocycles. The van der Waals surface area contributed by atoms with E-state index in [1.54, 1.807) is 0 Å². The van der Waals surface area contributed by atoms with Crippen molar-refractivity contribution in [2.75, 3.05) is 6.54 Å². The minimum Gasteiger partial charge on any atom is -0.329 e. The first-order chi connectivity index (χ1) is 9.84. The summed E-state index contributed by atoms with van der Waals surface area (Å²) in [6.45, 7) is 0.689. The van der Waals surface area contributed by atoms with Crippen molar-refractivity contribution in [3.8, 4) is 0 Å². The van der Waals surface area contributed by atoms with E-state index in [1.165, 1.54) is 57.8 Å². The fourth-order valence-corrected chi connectivity index (χ4v) is 3.99. The van der Waals surface area contributed by atoms with Crippen LogP contribution in [-0.2, 0) is 5.41 Å². The third-order valence-electron chi connectivity index (χ3n) is 5.42. The molecule has 4 nitrogen and oxygen atoms in total. The van der Waals surface area contributed by atoms with E-state index in [1.807, 2.05) is 0 Å². The first-order valence-corrected chi connectivity index (χ1v) is 8.47. The number of hydrogen-bond donors (Lipinski definition) is 2. The molecule has 2 aliphatic rings. The summed E-state index contributed by atoms with van der Waals surface area (Å²) < 4.78 is 0. The molecule has 1 aromatic rings. The highest BCUT2D eigenvalue weighted by Gasteiger charge is 2.36. The van der Waals surface area contributed by atoms with Crippen LogP contribution in [-0.4, -0.2) is 21.7 Å². The third-order valence-corrected chi connectivity index (χ3v) is 5.42. The smallest absolute Gasteiger partial charge is 0.158 e. The Morgan fingerprint density at radius 2 is 1.65 bits per heavy atom. The van der Waals surface area contributed by atoms with Crippen molar-refractivity contribution >= 4 is 0 Å². The van der Waals surface area contributed by atoms with Crippen LogP contribution in [0.2, 0.25) is 0 Å². The minimum absolute atomic E-state index is 0.0416. The van der Waals surface area contributed by atoms with Crippen molar-refractivity contribution in [1.29, 1.82) is 0 Å². The third kappa shape index (κ3) is 2.76. The maximum Gasteiger partial charge on any atom is 0.158 e. The summed E-state index contributed by atoms with van der Waals surface area (Å²) in [5, 5.41) is 7.82. The molecule has 2 fully saturated rings. The Morgan fingerprint density at radius 1 is 1.00 bits per heavy atom. The Morgan fingerprint density at radius 3 is 2.30 bits per heavy atom. The van der Waals surface area contributed by atoms with Crippen LogP contribution in [0.5, 0.6) is 0 Å². The summed E-state index contributed by atoms with van der Waals surface area (Å²) in [5.74, 6) is 2.73. The number of hydrogen-bond acceptors (Lipinski definition) is 3. The zero-order chi connectivity index (χ0) is 13.8. The van der Waals surface area contributed by atoms with Crippen molar-refractivity contribution < 1.29 is 0 Å². The predicted molar refractivity (Wildman–Crippen MR) is 80.6 cm³/mol. The predicted octanol–water partition coefficient (Wildman–Crippen LogP) is 3.40. The zero-order valence-corrected chi connectivity index (χ0v) is 12.5. The topological polar surface area (TPSA) is 67.6 Å². The molecule has 0 amide bonds. The molecule has 0 bridgehead atoms. The first kappa shape index (κ1) is 14.1. The lowest BCUT2D eigenvalue weighted by molar-refractivity contribution is 0.359. The minimum atomic E-state index is 0.0416. The van der Waals surface area contributed by atoms with Gasteiger partial charge in [0.2, 0.25) is 0 Å². The average molecular weight is 276 g/mol. The molecule has 0 unspecified atom stereocenters. The van der Waals surface area contributed by atoms with E-state index >= 15 is 0 Å². The number of aromatic nitrogens is 3. The van der Waals surface area contributed by atoms with E-state index in [4.69, 9.17) is 10.7 Å². The van der Waals surface area contributed by atoms with E-state index in [9.17, 15) is 0 Å². The fraction of sp³-hybridized carbons (Fsp3) is 0.875. The van der Waals surface area contributed by atoms with E-state index in [-0.39, 0.29) is 5.41 Å². The van der Waals surface area contributed by atoms with Gasteiger partial charge >= 0.3 is 0 Å². The highest BCUT2D eigenvalue weighted by Crippen LogP contribution is 2.37. The van der Waals surface area contributed by atoms with Gasteiger partial charge in [0.25, 0.3) is 0 Å². The molecule has 20 heavy (non-hydrogen) atoms. The van der Waals surface area contributed by atoms with Gasteiger partial charge in [0.15, 0.2) is 5.82 Å². The summed E-state index contributed by atoms with van der Waals surface area (Å²) in [6.07, 6.45) is 14.1. The highest BCUT2D eigenvalue weighted by molar-refractivity contribution is 5.12. The second-order valence-electron chi connectivity index (χ2n) is 6.78. The van der Waals surface area contributed by atoms with Gasteiger partial charge in [0, 0.05) is 17.9 Å². The number of H-pyrrole nitrogens is 1. The number of rotatable bonds is 3. The van der Waals surface area contributed by atoms with Crippen LogP contribution in [0, 0.1) is 0 Å². The Hall–Kier alpha value is -0.900. The largest absolute Gasteiger partial charge is 0.329 e. The van der Waals surface area contributed by atoms with E-state index in [0.29, 0.717) is 12.5 Å². The molecule has 3 N–H and O–H groups in total. The Kier molecular flexibility index (Phi) is 4.39. The average Bonchev–Trinajstić information content (AvgIpc) is 2.88. The summed E-state index contributed by atoms with van der Waals surface area (Å²) in [7, 11) is 0. The van der Waals surface area contributed by atoms with Crippen molar-refractivity contribution in [2.24, 2.45) is 5.73 Å². The molecule has 0 radical (unpaired) electrons. The van der Waals surface area contributed by atoms with E-state index < -0.39 is 0 Å². The van der Waals surface area contributed by atoms with Crippen molar-refractivity contribution in [3.63, 3.8) is 0 Å². The number of aromatic amines is 1. The Balaban J connectivity index is 1.79. The monoisotopic (exact) mass is 276 g/mol. The van der Waals surface area contributed by atoms with Crippen molar-refractivity contribution in [3.05, 3.63) is 11.6 Å². The van der Waals surface area contributed by atoms with E-state index in [0.717, 1.165) is 24.5 Å². The number of nitrogens with zero attached hydrogens (tertiary/aromatic N) is 2. The van der Waals surface area contributed by atoms with Crippen LogP contribution >= 0.6 is 0 Å². The van der Waals surface area contributed by atoms with Crippen LogP contribution in [0.1, 0.15) is 88.2 Å². The molecular formula is C16H28N4. The van der Waals surface area contributed by atoms with Crippen LogP contribution in [0.15, 0.2) is 0 Å². The molecule has 2 saturated carbocycles. The van der Waals surface area contributed by atoms with Crippen molar-refractivity contribution in [1.82, 2.24) is 15.2 Å². The Labute approximate surface area is 121 Å². The Bertz CT molecular complexity index is 412. The molecule has 0 atom stereocenters. The van der Waals surface area contributed by atoms with Crippen molar-refractivity contribution in [2.45, 2.75) is 82.0 Å². The van der Waals surface area contributed by atoms with Crippen LogP contribution in [0.25, 0.3) is 0 Å². The second kappa shape index (κ2) is 6.25. The summed E-state index contributed by atoms with van der Waals surface area (Å²) in [5.41, 5.74) is 6.18. The van der Waals surface area contributed by atoms with Crippen LogP contribution in [0.4, 0.5) is 0 Å². The molecule has 1 aromatic heterocycles. The van der Waals surface area contributed by atoms with Gasteiger partial charge in [-0.3, -0.25) is 5.10 Å². The molecular weight excluding hydrogens is 248 g/mol. The molecule has 2 aliphatic carbocycles. The lowest BCUT2D eigenvalue weighted by atomic mass is 9.79. The summed E-state index contributed by atoms with van der Waals surface area (Å²) in [4.78, 5) is 4.90. The maximum atomic E-state index is 6.13. The van der Waals surface area contributed by atoms with Gasteiger partial charge in [-0.2, -0.15) is 5.10 Å². The summed E-state index contributed by atoms with van der Waals surface area (Å²) >= 11 is 0. The summed E-state index contributed by atoms with van der Waals surface area (Å²) in [6, 6.07) is 0. The van der Waals surface area contributed by atoms with Crippen LogP contribution in [0.3, 0.4) is 0 Å². The van der Waals surface area contributed by atoms with E-state index in [2.05, 4.69) is 10.2 Å². The number of nitrogens with two attached hydrogens (primary N) is 1. The first-order valence-electron chi connectivity index (χ1n) is 8.47. The number of nitrogens with one attached hydrogen (secondary N) is 1. The molecule has 0 aliphatic heterocycles. The molecule has 112 valence electrons. The lowest BCUT2D eigenvalue weighted by Gasteiger charge is -2.28. The molecule has 3 rings (SSSR count). The van der Waals surface area contributed by atoms with Gasteiger partial charge in [-0.25, -0.2) is 4.98 Å². The second-order valence-corrected chi connectivity index (χ2v) is 6.78. The molecule has 4 heteroatoms. The quantitative estimate of drug-likeness (QED) is 0.831. The SMILES string of the molecule is NCC1(c2n[nH]c(C3CCCCC3)n2)CCCCCC1. The molecule has 0 spiro atoms. The van der Waals surface area contributed by atoms with Crippen LogP contribution < -0.4 is 5.73 Å². The zero-order valence-electron chi connectivity index (χ0n) is 12.5. The highest BCUT2D eigenvalue weighted by atomic mass is 15.2. The van der Waals surface area contributed by atoms with Gasteiger partial charge in [-0.05, 0) is 25.7 Å². The molecule has 1 heterocycles. The van der Waals surface area contributed by atoms with Gasteiger partial charge in [-0.15, -0.1) is 0 Å². The normalized spacial score (nSPS) is 24.4. The van der Waals surface area contributed by atoms with Gasteiger partial charge in [-0.1, -0.05) is 44.9 Å².